The summed E-state index contributed by atoms with van der Waals surface area (Å²) in [5.41, 5.74) is 0. The van der Waals surface area contributed by atoms with Gasteiger partial charge in [0.2, 0.25) is 0 Å². The van der Waals surface area contributed by atoms with Crippen LogP contribution >= 0.6 is 0 Å². The molecule has 0 aromatic rings. The lowest BCUT2D eigenvalue weighted by Gasteiger charge is -2.35. The van der Waals surface area contributed by atoms with E-state index in [2.05, 4.69) is 4.90 Å². The first-order valence-electron chi connectivity index (χ1n) is 8.17. The molecule has 136 valence electrons. The zero-order chi connectivity index (χ0) is 17.1. The van der Waals surface area contributed by atoms with Crippen molar-refractivity contribution in [3.63, 3.8) is 0 Å². The molecule has 0 bridgehead atoms. The van der Waals surface area contributed by atoms with Crippen LogP contribution in [0.15, 0.2) is 0 Å². The smallest absolute Gasteiger partial charge is 0.290 e. The van der Waals surface area contributed by atoms with Crippen molar-refractivity contribution in [3.8, 4) is 0 Å². The van der Waals surface area contributed by atoms with Crippen molar-refractivity contribution in [3.05, 3.63) is 0 Å². The largest absolute Gasteiger partial charge is 0.483 e. The van der Waals surface area contributed by atoms with Gasteiger partial charge in [-0.1, -0.05) is 0 Å². The third-order valence-corrected chi connectivity index (χ3v) is 6.19. The molecule has 0 saturated carbocycles. The molecule has 0 amide bonds. The molecule has 1 N–H and O–H groups in total. The second-order valence-corrected chi connectivity index (χ2v) is 7.64. The molecule has 23 heavy (non-hydrogen) atoms. The molecule has 0 spiro atoms. The summed E-state index contributed by atoms with van der Waals surface area (Å²) in [6.07, 6.45) is 4.52. The normalized spacial score (nSPS) is 20.9. The lowest BCUT2D eigenvalue weighted by atomic mass is 10.2. The number of carboxylic acid groups (broad SMARTS) is 1. The minimum absolute atomic E-state index is 0.234. The molecular weight excluding hydrogens is 325 g/mol. The summed E-state index contributed by atoms with van der Waals surface area (Å²) >= 11 is 0. The van der Waals surface area contributed by atoms with Gasteiger partial charge in [-0.15, -0.1) is 0 Å². The Kier molecular flexibility index (Phi) is 9.61. The van der Waals surface area contributed by atoms with Crippen molar-refractivity contribution < 1.29 is 22.7 Å². The van der Waals surface area contributed by atoms with Crippen molar-refractivity contribution in [1.29, 1.82) is 0 Å². The van der Waals surface area contributed by atoms with Gasteiger partial charge < -0.3 is 10.0 Å². The van der Waals surface area contributed by atoms with Gasteiger partial charge in [0.15, 0.2) is 0 Å². The number of halogens is 1. The maximum atomic E-state index is 12.4. The number of nitrogens with zero attached hydrogens (tertiary/aromatic N) is 3. The maximum Gasteiger partial charge on any atom is 0.290 e. The summed E-state index contributed by atoms with van der Waals surface area (Å²) in [6.45, 7) is 4.58. The second kappa shape index (κ2) is 10.9. The fourth-order valence-corrected chi connectivity index (χ4v) is 4.54. The first-order valence-corrected chi connectivity index (χ1v) is 9.57. The van der Waals surface area contributed by atoms with Crippen molar-refractivity contribution in [2.24, 2.45) is 0 Å². The van der Waals surface area contributed by atoms with Crippen LogP contribution in [0.2, 0.25) is 0 Å². The average molecular weight is 353 g/mol. The Morgan fingerprint density at radius 3 is 1.96 bits per heavy atom. The monoisotopic (exact) mass is 353 g/mol. The Bertz CT molecular complexity index is 422. The van der Waals surface area contributed by atoms with Gasteiger partial charge >= 0.3 is 0 Å². The van der Waals surface area contributed by atoms with Gasteiger partial charge in [0.1, 0.15) is 0 Å². The molecule has 7 nitrogen and oxygen atoms in total. The number of carbonyl (C=O) groups is 1. The Balaban J connectivity index is 0.000000816. The first kappa shape index (κ1) is 20.3. The summed E-state index contributed by atoms with van der Waals surface area (Å²) in [5, 5.41) is 6.89. The fourth-order valence-electron chi connectivity index (χ4n) is 2.87. The van der Waals surface area contributed by atoms with Crippen LogP contribution in [0.5, 0.6) is 0 Å². The van der Waals surface area contributed by atoms with Crippen LogP contribution < -0.4 is 0 Å². The quantitative estimate of drug-likeness (QED) is 0.540. The topological polar surface area (TPSA) is 81.2 Å². The van der Waals surface area contributed by atoms with E-state index in [1.165, 1.54) is 0 Å². The van der Waals surface area contributed by atoms with Crippen LogP contribution in [0.25, 0.3) is 0 Å². The van der Waals surface area contributed by atoms with E-state index in [-0.39, 0.29) is 13.1 Å². The molecular formula is C14H28FN3O4S. The molecule has 2 aliphatic heterocycles. The molecule has 0 aliphatic carbocycles. The van der Waals surface area contributed by atoms with E-state index in [9.17, 15) is 12.8 Å². The van der Waals surface area contributed by atoms with Crippen molar-refractivity contribution in [2.75, 3.05) is 52.5 Å². The van der Waals surface area contributed by atoms with Crippen molar-refractivity contribution in [1.82, 2.24) is 13.5 Å². The molecule has 2 aliphatic rings. The zero-order valence-corrected chi connectivity index (χ0v) is 14.4. The Morgan fingerprint density at radius 2 is 1.43 bits per heavy atom. The lowest BCUT2D eigenvalue weighted by Crippen LogP contribution is -2.52. The first-order chi connectivity index (χ1) is 11.1. The van der Waals surface area contributed by atoms with Gasteiger partial charge in [-0.3, -0.25) is 9.18 Å². The van der Waals surface area contributed by atoms with Crippen LogP contribution in [-0.2, 0) is 15.0 Å². The highest BCUT2D eigenvalue weighted by atomic mass is 32.2. The molecule has 0 unspecified atom stereocenters. The van der Waals surface area contributed by atoms with Gasteiger partial charge in [-0.25, -0.2) is 0 Å². The third-order valence-electron chi connectivity index (χ3n) is 4.16. The van der Waals surface area contributed by atoms with Gasteiger partial charge in [-0.05, 0) is 38.6 Å². The van der Waals surface area contributed by atoms with E-state index in [0.29, 0.717) is 32.6 Å². The molecule has 2 rings (SSSR count). The Morgan fingerprint density at radius 1 is 0.913 bits per heavy atom. The zero-order valence-electron chi connectivity index (χ0n) is 13.6. The van der Waals surface area contributed by atoms with E-state index >= 15 is 0 Å². The van der Waals surface area contributed by atoms with Crippen LogP contribution in [-0.4, -0.2) is 86.0 Å². The highest BCUT2D eigenvalue weighted by Gasteiger charge is 2.33. The number of rotatable bonds is 7. The van der Waals surface area contributed by atoms with E-state index in [4.69, 9.17) is 9.90 Å². The van der Waals surface area contributed by atoms with E-state index in [1.54, 1.807) is 8.61 Å². The SMILES string of the molecule is O=CO.O=S(=O)(N1CCCC1)N1CCN(CCCCCF)CC1. The molecule has 0 radical (unpaired) electrons. The van der Waals surface area contributed by atoms with E-state index < -0.39 is 10.2 Å². The predicted molar refractivity (Wildman–Crippen MR) is 86.3 cm³/mol. The van der Waals surface area contributed by atoms with Crippen molar-refractivity contribution in [2.45, 2.75) is 32.1 Å². The molecule has 0 atom stereocenters. The summed E-state index contributed by atoms with van der Waals surface area (Å²) in [7, 11) is -3.22. The Hall–Kier alpha value is -0.770. The van der Waals surface area contributed by atoms with Crippen LogP contribution in [0.1, 0.15) is 32.1 Å². The fraction of sp³-hybridized carbons (Fsp3) is 0.929. The highest BCUT2D eigenvalue weighted by molar-refractivity contribution is 7.86. The van der Waals surface area contributed by atoms with Crippen molar-refractivity contribution >= 4 is 16.7 Å². The third kappa shape index (κ3) is 6.70. The second-order valence-electron chi connectivity index (χ2n) is 5.71. The maximum absolute atomic E-state index is 12.4. The standard InChI is InChI=1S/C13H26FN3O2S.CH2O2/c14-6-2-1-3-7-15-10-12-17(13-11-15)20(18,19)16-8-4-5-9-16;2-1-3/h1-13H2;1H,(H,2,3). The molecule has 0 aromatic carbocycles. The summed E-state index contributed by atoms with van der Waals surface area (Å²) in [4.78, 5) is 10.6. The minimum atomic E-state index is -3.22. The molecule has 2 saturated heterocycles. The number of hydrogen-bond donors (Lipinski definition) is 1. The molecule has 9 heteroatoms. The molecule has 2 heterocycles. The van der Waals surface area contributed by atoms with Gasteiger partial charge in [0.25, 0.3) is 16.7 Å². The highest BCUT2D eigenvalue weighted by Crippen LogP contribution is 2.18. The van der Waals surface area contributed by atoms with E-state index in [0.717, 1.165) is 45.3 Å². The number of alkyl halides is 1. The van der Waals surface area contributed by atoms with Crippen LogP contribution in [0, 0.1) is 0 Å². The number of unbranched alkanes of at least 4 members (excludes halogenated alkanes) is 2. The minimum Gasteiger partial charge on any atom is -0.483 e. The summed E-state index contributed by atoms with van der Waals surface area (Å²) < 4.78 is 40.0. The summed E-state index contributed by atoms with van der Waals surface area (Å²) in [6, 6.07) is 0. The van der Waals surface area contributed by atoms with Crippen LogP contribution in [0.4, 0.5) is 4.39 Å². The molecule has 2 fully saturated rings. The van der Waals surface area contributed by atoms with Crippen LogP contribution in [0.3, 0.4) is 0 Å². The molecule has 0 aromatic heterocycles. The van der Waals surface area contributed by atoms with E-state index in [1.807, 2.05) is 0 Å². The van der Waals surface area contributed by atoms with Gasteiger partial charge in [-0.2, -0.15) is 17.0 Å². The number of hydrogen-bond acceptors (Lipinski definition) is 4. The predicted octanol–water partition coefficient (Wildman–Crippen LogP) is 0.785. The lowest BCUT2D eigenvalue weighted by molar-refractivity contribution is -0.122. The van der Waals surface area contributed by atoms with Gasteiger partial charge in [0, 0.05) is 39.3 Å². The average Bonchev–Trinajstić information content (AvgIpc) is 3.08. The van der Waals surface area contributed by atoms with Gasteiger partial charge in [0.05, 0.1) is 6.67 Å². The number of piperazine rings is 1. The Labute approximate surface area is 138 Å². The summed E-state index contributed by atoms with van der Waals surface area (Å²) in [5.74, 6) is 0.